The van der Waals surface area contributed by atoms with Crippen LogP contribution in [-0.2, 0) is 11.3 Å². The molecular formula is C16H16F2N4O3. The molecule has 132 valence electrons. The summed E-state index contributed by atoms with van der Waals surface area (Å²) in [6.07, 6.45) is 1.86. The van der Waals surface area contributed by atoms with Gasteiger partial charge in [-0.2, -0.15) is 13.9 Å². The number of amides is 1. The Morgan fingerprint density at radius 3 is 2.72 bits per heavy atom. The van der Waals surface area contributed by atoms with Gasteiger partial charge >= 0.3 is 6.61 Å². The van der Waals surface area contributed by atoms with E-state index in [0.717, 1.165) is 4.68 Å². The third-order valence-corrected chi connectivity index (χ3v) is 3.14. The average Bonchev–Trinajstić information content (AvgIpc) is 2.57. The van der Waals surface area contributed by atoms with Gasteiger partial charge in [0.15, 0.2) is 0 Å². The van der Waals surface area contributed by atoms with Crippen LogP contribution in [0.2, 0.25) is 0 Å². The summed E-state index contributed by atoms with van der Waals surface area (Å²) in [5.41, 5.74) is 0.922. The summed E-state index contributed by atoms with van der Waals surface area (Å²) in [6.45, 7) is 2.26. The average molecular weight is 350 g/mol. The second kappa shape index (κ2) is 8.13. The van der Waals surface area contributed by atoms with E-state index in [1.807, 2.05) is 6.92 Å². The number of alkyl halides is 2. The molecule has 0 atom stereocenters. The molecule has 2 rings (SSSR count). The highest BCUT2D eigenvalue weighted by Crippen LogP contribution is 2.18. The largest absolute Gasteiger partial charge is 0.417 e. The zero-order chi connectivity index (χ0) is 18.4. The van der Waals surface area contributed by atoms with Crippen LogP contribution in [0.4, 0.5) is 8.78 Å². The molecule has 1 N–H and O–H groups in total. The molecule has 0 saturated carbocycles. The van der Waals surface area contributed by atoms with E-state index < -0.39 is 18.1 Å². The van der Waals surface area contributed by atoms with E-state index in [0.29, 0.717) is 23.4 Å². The van der Waals surface area contributed by atoms with Gasteiger partial charge in [0.05, 0.1) is 5.69 Å². The number of aromatic nitrogens is 3. The molecule has 2 heterocycles. The lowest BCUT2D eigenvalue weighted by molar-refractivity contribution is -0.121. The second-order valence-corrected chi connectivity index (χ2v) is 4.98. The van der Waals surface area contributed by atoms with Crippen LogP contribution < -0.4 is 15.6 Å². The lowest BCUT2D eigenvalue weighted by Crippen LogP contribution is -2.32. The first-order valence-corrected chi connectivity index (χ1v) is 7.36. The summed E-state index contributed by atoms with van der Waals surface area (Å²) in [6, 6.07) is 5.44. The van der Waals surface area contributed by atoms with E-state index in [-0.39, 0.29) is 12.4 Å². The molecule has 7 nitrogen and oxygen atoms in total. The summed E-state index contributed by atoms with van der Waals surface area (Å²) < 4.78 is 29.4. The van der Waals surface area contributed by atoms with Gasteiger partial charge in [-0.25, -0.2) is 9.67 Å². The SMILES string of the molecule is C=C(CC)NC(=O)Cn1nc(-c2ccc(OC(F)F)nc2)ccc1=O. The number of hydrogen-bond donors (Lipinski definition) is 1. The van der Waals surface area contributed by atoms with Crippen LogP contribution in [0.15, 0.2) is 47.5 Å². The monoisotopic (exact) mass is 350 g/mol. The van der Waals surface area contributed by atoms with Crippen molar-refractivity contribution in [3.05, 3.63) is 53.1 Å². The Kier molecular flexibility index (Phi) is 5.93. The van der Waals surface area contributed by atoms with Crippen molar-refractivity contribution in [3.63, 3.8) is 0 Å². The molecule has 0 aliphatic heterocycles. The Balaban J connectivity index is 2.19. The number of halogens is 2. The smallest absolute Gasteiger partial charge is 0.388 e. The van der Waals surface area contributed by atoms with Crippen LogP contribution in [-0.4, -0.2) is 27.3 Å². The summed E-state index contributed by atoms with van der Waals surface area (Å²) in [5, 5.41) is 6.65. The number of ether oxygens (including phenoxy) is 1. The van der Waals surface area contributed by atoms with Crippen molar-refractivity contribution >= 4 is 5.91 Å². The predicted molar refractivity (Wildman–Crippen MR) is 85.9 cm³/mol. The zero-order valence-electron chi connectivity index (χ0n) is 13.4. The third-order valence-electron chi connectivity index (χ3n) is 3.14. The molecule has 0 aliphatic rings. The fourth-order valence-corrected chi connectivity index (χ4v) is 1.87. The van der Waals surface area contributed by atoms with Gasteiger partial charge in [0.2, 0.25) is 11.8 Å². The van der Waals surface area contributed by atoms with Gasteiger partial charge in [-0.1, -0.05) is 13.5 Å². The van der Waals surface area contributed by atoms with Gasteiger partial charge < -0.3 is 10.1 Å². The normalized spacial score (nSPS) is 10.6. The quantitative estimate of drug-likeness (QED) is 0.825. The van der Waals surface area contributed by atoms with E-state index >= 15 is 0 Å². The summed E-state index contributed by atoms with van der Waals surface area (Å²) in [5.74, 6) is -0.651. The van der Waals surface area contributed by atoms with E-state index in [1.54, 1.807) is 0 Å². The number of carbonyl (C=O) groups is 1. The molecular weight excluding hydrogens is 334 g/mol. The molecule has 0 radical (unpaired) electrons. The molecule has 0 aliphatic carbocycles. The molecule has 2 aromatic rings. The number of nitrogens with zero attached hydrogens (tertiary/aromatic N) is 3. The van der Waals surface area contributed by atoms with E-state index in [4.69, 9.17) is 0 Å². The van der Waals surface area contributed by atoms with Crippen LogP contribution in [0.25, 0.3) is 11.3 Å². The van der Waals surface area contributed by atoms with Gasteiger partial charge in [-0.3, -0.25) is 9.59 Å². The number of carbonyl (C=O) groups excluding carboxylic acids is 1. The standard InChI is InChI=1S/C16H16F2N4O3/c1-3-10(2)20-13(23)9-22-15(24)7-5-12(21-22)11-4-6-14(19-8-11)25-16(17)18/h4-8,16H,2-3,9H2,1H3,(H,20,23). The fraction of sp³-hybridized carbons (Fsp3) is 0.250. The zero-order valence-corrected chi connectivity index (χ0v) is 13.4. The molecule has 0 bridgehead atoms. The summed E-state index contributed by atoms with van der Waals surface area (Å²) in [4.78, 5) is 27.4. The maximum atomic E-state index is 12.1. The molecule has 0 spiro atoms. The summed E-state index contributed by atoms with van der Waals surface area (Å²) in [7, 11) is 0. The number of nitrogens with one attached hydrogen (secondary N) is 1. The van der Waals surface area contributed by atoms with Crippen molar-refractivity contribution in [2.45, 2.75) is 26.5 Å². The van der Waals surface area contributed by atoms with Crippen molar-refractivity contribution in [2.24, 2.45) is 0 Å². The van der Waals surface area contributed by atoms with E-state index in [1.165, 1.54) is 30.5 Å². The summed E-state index contributed by atoms with van der Waals surface area (Å²) >= 11 is 0. The van der Waals surface area contributed by atoms with Crippen LogP contribution in [0.5, 0.6) is 5.88 Å². The lowest BCUT2D eigenvalue weighted by atomic mass is 10.2. The molecule has 9 heteroatoms. The molecule has 0 saturated heterocycles. The number of pyridine rings is 1. The molecule has 1 amide bonds. The third kappa shape index (κ3) is 5.20. The fourth-order valence-electron chi connectivity index (χ4n) is 1.87. The van der Waals surface area contributed by atoms with Crippen molar-refractivity contribution in [3.8, 4) is 17.1 Å². The highest BCUT2D eigenvalue weighted by atomic mass is 19.3. The van der Waals surface area contributed by atoms with Crippen molar-refractivity contribution in [1.29, 1.82) is 0 Å². The number of rotatable bonds is 7. The Hall–Kier alpha value is -3.10. The van der Waals surface area contributed by atoms with Crippen LogP contribution in [0, 0.1) is 0 Å². The van der Waals surface area contributed by atoms with Crippen molar-refractivity contribution in [1.82, 2.24) is 20.1 Å². The van der Waals surface area contributed by atoms with Crippen molar-refractivity contribution in [2.75, 3.05) is 0 Å². The first-order valence-electron chi connectivity index (χ1n) is 7.36. The maximum Gasteiger partial charge on any atom is 0.388 e. The number of hydrogen-bond acceptors (Lipinski definition) is 5. The van der Waals surface area contributed by atoms with Crippen LogP contribution in [0.3, 0.4) is 0 Å². The Bertz CT molecular complexity index is 819. The molecule has 25 heavy (non-hydrogen) atoms. The molecule has 2 aromatic heterocycles. The molecule has 0 fully saturated rings. The van der Waals surface area contributed by atoms with Gasteiger partial charge in [0.1, 0.15) is 6.54 Å². The Morgan fingerprint density at radius 1 is 1.36 bits per heavy atom. The minimum absolute atomic E-state index is 0.232. The Labute approximate surface area is 142 Å². The van der Waals surface area contributed by atoms with E-state index in [9.17, 15) is 18.4 Å². The van der Waals surface area contributed by atoms with Gasteiger partial charge in [-0.15, -0.1) is 0 Å². The van der Waals surface area contributed by atoms with Crippen LogP contribution in [0.1, 0.15) is 13.3 Å². The van der Waals surface area contributed by atoms with E-state index in [2.05, 4.69) is 26.7 Å². The minimum atomic E-state index is -2.96. The Morgan fingerprint density at radius 2 is 2.12 bits per heavy atom. The van der Waals surface area contributed by atoms with Gasteiger partial charge in [0, 0.05) is 29.6 Å². The topological polar surface area (TPSA) is 86.1 Å². The predicted octanol–water partition coefficient (Wildman–Crippen LogP) is 1.95. The minimum Gasteiger partial charge on any atom is -0.417 e. The molecule has 0 unspecified atom stereocenters. The first-order chi connectivity index (χ1) is 11.9. The van der Waals surface area contributed by atoms with Crippen molar-refractivity contribution < 1.29 is 18.3 Å². The van der Waals surface area contributed by atoms with Gasteiger partial charge in [0.25, 0.3) is 5.56 Å². The lowest BCUT2D eigenvalue weighted by Gasteiger charge is -2.09. The van der Waals surface area contributed by atoms with Gasteiger partial charge in [-0.05, 0) is 18.6 Å². The number of allylic oxidation sites excluding steroid dienone is 1. The maximum absolute atomic E-state index is 12.1. The highest BCUT2D eigenvalue weighted by molar-refractivity contribution is 5.77. The molecule has 0 aromatic carbocycles. The second-order valence-electron chi connectivity index (χ2n) is 4.98. The highest BCUT2D eigenvalue weighted by Gasteiger charge is 2.10. The van der Waals surface area contributed by atoms with Crippen LogP contribution >= 0.6 is 0 Å². The first kappa shape index (κ1) is 18.2.